The smallest absolute Gasteiger partial charge is 0.322 e. The van der Waals surface area contributed by atoms with E-state index in [-0.39, 0.29) is 12.4 Å². The van der Waals surface area contributed by atoms with Gasteiger partial charge in [-0.3, -0.25) is 4.79 Å². The molecule has 0 fully saturated rings. The van der Waals surface area contributed by atoms with Gasteiger partial charge in [0.2, 0.25) is 0 Å². The second-order valence-corrected chi connectivity index (χ2v) is 3.22. The summed E-state index contributed by atoms with van der Waals surface area (Å²) in [6, 6.07) is 6.93. The van der Waals surface area contributed by atoms with Crippen LogP contribution in [0.5, 0.6) is 0 Å². The molecule has 0 aromatic heterocycles. The number of aliphatic carboxylic acids is 1. The number of oxime groups is 1. The number of nitrogens with two attached hydrogens (primary N) is 1. The minimum absolute atomic E-state index is 0.123. The highest BCUT2D eigenvalue weighted by atomic mass is 16.6. The average molecular weight is 237 g/mol. The van der Waals surface area contributed by atoms with Crippen molar-refractivity contribution in [3.8, 4) is 0 Å². The van der Waals surface area contributed by atoms with Crippen LogP contribution in [0.25, 0.3) is 0 Å². The molecule has 1 aromatic rings. The molecule has 17 heavy (non-hydrogen) atoms. The van der Waals surface area contributed by atoms with E-state index in [4.69, 9.17) is 15.7 Å². The van der Waals surface area contributed by atoms with Crippen molar-refractivity contribution in [1.82, 2.24) is 0 Å². The second-order valence-electron chi connectivity index (χ2n) is 3.22. The van der Waals surface area contributed by atoms with Crippen molar-refractivity contribution in [2.45, 2.75) is 6.92 Å². The molecule has 92 valence electrons. The van der Waals surface area contributed by atoms with Gasteiger partial charge in [-0.25, -0.2) is 0 Å². The molecule has 4 N–H and O–H groups in total. The Morgan fingerprint density at radius 3 is 2.65 bits per heavy atom. The summed E-state index contributed by atoms with van der Waals surface area (Å²) in [5.74, 6) is -0.622. The minimum Gasteiger partial charge on any atom is -0.480 e. The van der Waals surface area contributed by atoms with Crippen LogP contribution in [-0.2, 0) is 9.63 Å². The van der Waals surface area contributed by atoms with Gasteiger partial charge in [-0.15, -0.1) is 0 Å². The summed E-state index contributed by atoms with van der Waals surface area (Å²) in [4.78, 5) is 15.2. The molecule has 0 atom stereocenters. The Bertz CT molecular complexity index is 401. The van der Waals surface area contributed by atoms with Crippen LogP contribution in [0.4, 0.5) is 5.69 Å². The van der Waals surface area contributed by atoms with E-state index in [1.54, 1.807) is 24.3 Å². The van der Waals surface area contributed by atoms with Crippen LogP contribution in [0.2, 0.25) is 0 Å². The van der Waals surface area contributed by atoms with Crippen molar-refractivity contribution in [3.05, 3.63) is 29.8 Å². The fourth-order valence-electron chi connectivity index (χ4n) is 1.12. The van der Waals surface area contributed by atoms with Crippen molar-refractivity contribution >= 4 is 17.5 Å². The molecule has 6 heteroatoms. The molecule has 0 amide bonds. The number of hydrogen-bond donors (Lipinski definition) is 3. The zero-order chi connectivity index (χ0) is 12.7. The number of nitrogens with one attached hydrogen (secondary N) is 1. The topological polar surface area (TPSA) is 96.9 Å². The molecule has 0 aliphatic rings. The van der Waals surface area contributed by atoms with E-state index in [1.807, 2.05) is 6.92 Å². The van der Waals surface area contributed by atoms with Crippen LogP contribution in [0, 0.1) is 0 Å². The molecule has 1 aromatic carbocycles. The SMILES string of the molecule is CCON=C(N)c1ccc(NCC(=O)O)cc1. The number of carboxylic acids is 1. The monoisotopic (exact) mass is 237 g/mol. The number of anilines is 1. The predicted octanol–water partition coefficient (Wildman–Crippen LogP) is 0.840. The van der Waals surface area contributed by atoms with Crippen LogP contribution in [0.15, 0.2) is 29.4 Å². The van der Waals surface area contributed by atoms with Crippen LogP contribution >= 0.6 is 0 Å². The first-order chi connectivity index (χ1) is 8.13. The van der Waals surface area contributed by atoms with Gasteiger partial charge in [0.25, 0.3) is 0 Å². The lowest BCUT2D eigenvalue weighted by atomic mass is 10.2. The molecule has 0 spiro atoms. The van der Waals surface area contributed by atoms with Crippen molar-refractivity contribution in [2.24, 2.45) is 10.9 Å². The number of amidine groups is 1. The normalized spacial score (nSPS) is 11.0. The molecule has 0 bridgehead atoms. The van der Waals surface area contributed by atoms with Gasteiger partial charge in [0.1, 0.15) is 13.2 Å². The zero-order valence-corrected chi connectivity index (χ0v) is 9.51. The minimum atomic E-state index is -0.911. The standard InChI is InChI=1S/C11H15N3O3/c1-2-17-14-11(12)8-3-5-9(6-4-8)13-7-10(15)16/h3-6,13H,2,7H2,1H3,(H2,12,14)(H,15,16). The molecular weight excluding hydrogens is 222 g/mol. The van der Waals surface area contributed by atoms with Gasteiger partial charge in [-0.1, -0.05) is 5.16 Å². The van der Waals surface area contributed by atoms with Gasteiger partial charge < -0.3 is 21.0 Å². The quantitative estimate of drug-likeness (QED) is 0.387. The first-order valence-electron chi connectivity index (χ1n) is 5.15. The second kappa shape index (κ2) is 6.37. The fourth-order valence-corrected chi connectivity index (χ4v) is 1.12. The van der Waals surface area contributed by atoms with Crippen molar-refractivity contribution in [1.29, 1.82) is 0 Å². The number of carboxylic acid groups (broad SMARTS) is 1. The Hall–Kier alpha value is -2.24. The zero-order valence-electron chi connectivity index (χ0n) is 9.51. The van der Waals surface area contributed by atoms with Gasteiger partial charge in [-0.2, -0.15) is 0 Å². The van der Waals surface area contributed by atoms with Crippen LogP contribution in [0.3, 0.4) is 0 Å². The summed E-state index contributed by atoms with van der Waals surface area (Å²) in [5, 5.41) is 14.9. The van der Waals surface area contributed by atoms with Crippen LogP contribution < -0.4 is 11.1 Å². The van der Waals surface area contributed by atoms with Crippen molar-refractivity contribution in [2.75, 3.05) is 18.5 Å². The molecule has 0 unspecified atom stereocenters. The number of nitrogens with zero attached hydrogens (tertiary/aromatic N) is 1. The molecule has 0 heterocycles. The first kappa shape index (κ1) is 12.8. The lowest BCUT2D eigenvalue weighted by molar-refractivity contribution is -0.134. The van der Waals surface area contributed by atoms with Crippen molar-refractivity contribution in [3.63, 3.8) is 0 Å². The Morgan fingerprint density at radius 1 is 1.47 bits per heavy atom. The first-order valence-corrected chi connectivity index (χ1v) is 5.15. The molecule has 0 aliphatic carbocycles. The molecule has 0 saturated carbocycles. The molecular formula is C11H15N3O3. The number of hydrogen-bond acceptors (Lipinski definition) is 4. The lowest BCUT2D eigenvalue weighted by Gasteiger charge is -2.05. The fraction of sp³-hybridized carbons (Fsp3) is 0.273. The summed E-state index contributed by atoms with van der Waals surface area (Å²) < 4.78 is 0. The van der Waals surface area contributed by atoms with Gasteiger partial charge in [-0.05, 0) is 31.2 Å². The molecule has 1 rings (SSSR count). The third-order valence-corrected chi connectivity index (χ3v) is 1.92. The third-order valence-electron chi connectivity index (χ3n) is 1.92. The van der Waals surface area contributed by atoms with Gasteiger partial charge >= 0.3 is 5.97 Å². The summed E-state index contributed by atoms with van der Waals surface area (Å²) in [6.45, 7) is 2.15. The highest BCUT2D eigenvalue weighted by Crippen LogP contribution is 2.09. The highest BCUT2D eigenvalue weighted by molar-refractivity contribution is 5.97. The molecule has 0 saturated heterocycles. The summed E-state index contributed by atoms with van der Waals surface area (Å²) in [6.07, 6.45) is 0. The maximum absolute atomic E-state index is 10.3. The van der Waals surface area contributed by atoms with Crippen molar-refractivity contribution < 1.29 is 14.7 Å². The molecule has 0 radical (unpaired) electrons. The van der Waals surface area contributed by atoms with E-state index in [2.05, 4.69) is 10.5 Å². The van der Waals surface area contributed by atoms with Gasteiger partial charge in [0.15, 0.2) is 5.84 Å². The number of carbonyl (C=O) groups is 1. The number of rotatable bonds is 6. The predicted molar refractivity (Wildman–Crippen MR) is 64.9 cm³/mol. The van der Waals surface area contributed by atoms with E-state index in [1.165, 1.54) is 0 Å². The average Bonchev–Trinajstić information content (AvgIpc) is 2.34. The summed E-state index contributed by atoms with van der Waals surface area (Å²) in [7, 11) is 0. The van der Waals surface area contributed by atoms with E-state index < -0.39 is 5.97 Å². The van der Waals surface area contributed by atoms with E-state index in [0.29, 0.717) is 12.3 Å². The van der Waals surface area contributed by atoms with E-state index in [0.717, 1.165) is 5.56 Å². The Labute approximate surface area is 99.1 Å². The Kier molecular flexibility index (Phi) is 4.80. The van der Waals surface area contributed by atoms with Crippen LogP contribution in [0.1, 0.15) is 12.5 Å². The van der Waals surface area contributed by atoms with E-state index >= 15 is 0 Å². The largest absolute Gasteiger partial charge is 0.480 e. The van der Waals surface area contributed by atoms with Gasteiger partial charge in [0.05, 0.1) is 0 Å². The molecule has 6 nitrogen and oxygen atoms in total. The summed E-state index contributed by atoms with van der Waals surface area (Å²) in [5.41, 5.74) is 7.09. The lowest BCUT2D eigenvalue weighted by Crippen LogP contribution is -2.15. The highest BCUT2D eigenvalue weighted by Gasteiger charge is 2.00. The number of benzene rings is 1. The maximum Gasteiger partial charge on any atom is 0.322 e. The van der Waals surface area contributed by atoms with Gasteiger partial charge in [0, 0.05) is 11.3 Å². The maximum atomic E-state index is 10.3. The Morgan fingerprint density at radius 2 is 2.12 bits per heavy atom. The molecule has 0 aliphatic heterocycles. The van der Waals surface area contributed by atoms with E-state index in [9.17, 15) is 4.79 Å². The summed E-state index contributed by atoms with van der Waals surface area (Å²) >= 11 is 0. The third kappa shape index (κ3) is 4.42. The van der Waals surface area contributed by atoms with Crippen LogP contribution in [-0.4, -0.2) is 30.1 Å². The Balaban J connectivity index is 2.64.